The fourth-order valence-corrected chi connectivity index (χ4v) is 2.37. The molecule has 0 spiro atoms. The Morgan fingerprint density at radius 2 is 2.33 bits per heavy atom. The van der Waals surface area contributed by atoms with Crippen molar-refractivity contribution >= 4 is 15.9 Å². The van der Waals surface area contributed by atoms with Crippen LogP contribution in [0.25, 0.3) is 0 Å². The van der Waals surface area contributed by atoms with E-state index >= 15 is 0 Å². The first-order valence-electron chi connectivity index (χ1n) is 5.07. The quantitative estimate of drug-likeness (QED) is 0.894. The zero-order valence-electron chi connectivity index (χ0n) is 8.42. The highest BCUT2D eigenvalue weighted by atomic mass is 79.9. The summed E-state index contributed by atoms with van der Waals surface area (Å²) in [7, 11) is 0. The molecule has 2 nitrogen and oxygen atoms in total. The van der Waals surface area contributed by atoms with Gasteiger partial charge in [0.15, 0.2) is 0 Å². The molecule has 1 aromatic rings. The molecule has 0 bridgehead atoms. The second kappa shape index (κ2) is 4.60. The lowest BCUT2D eigenvalue weighted by Gasteiger charge is -2.16. The average Bonchev–Trinajstić information content (AvgIpc) is 2.56. The van der Waals surface area contributed by atoms with Gasteiger partial charge >= 0.3 is 0 Å². The van der Waals surface area contributed by atoms with Crippen LogP contribution in [0.2, 0.25) is 0 Å². The van der Waals surface area contributed by atoms with Crippen molar-refractivity contribution in [1.82, 2.24) is 4.90 Å². The second-order valence-corrected chi connectivity index (χ2v) is 4.87. The summed E-state index contributed by atoms with van der Waals surface area (Å²) in [6.07, 6.45) is 1.05. The molecule has 15 heavy (non-hydrogen) atoms. The number of hydrogen-bond donors (Lipinski definition) is 1. The standard InChI is InChI=1S/C11H14BrFN2/c12-11-5-9(13)2-1-8(11)6-15-4-3-10(14)7-15/h1-2,5,10H,3-4,6-7,14H2/t10-/m0/s1. The fourth-order valence-electron chi connectivity index (χ4n) is 1.90. The monoisotopic (exact) mass is 272 g/mol. The molecule has 4 heteroatoms. The van der Waals surface area contributed by atoms with Gasteiger partial charge in [-0.3, -0.25) is 4.90 Å². The van der Waals surface area contributed by atoms with Crippen molar-refractivity contribution < 1.29 is 4.39 Å². The molecule has 1 heterocycles. The van der Waals surface area contributed by atoms with E-state index in [0.717, 1.165) is 36.1 Å². The molecule has 1 atom stereocenters. The zero-order valence-corrected chi connectivity index (χ0v) is 10.0. The zero-order chi connectivity index (χ0) is 10.8. The minimum atomic E-state index is -0.205. The molecule has 0 aromatic heterocycles. The summed E-state index contributed by atoms with van der Waals surface area (Å²) in [5.41, 5.74) is 6.94. The normalized spacial score (nSPS) is 22.2. The Hall–Kier alpha value is -0.450. The van der Waals surface area contributed by atoms with Crippen LogP contribution in [-0.2, 0) is 6.54 Å². The molecule has 0 aliphatic carbocycles. The Morgan fingerprint density at radius 1 is 1.53 bits per heavy atom. The lowest BCUT2D eigenvalue weighted by atomic mass is 10.2. The highest BCUT2D eigenvalue weighted by Gasteiger charge is 2.19. The molecule has 2 rings (SSSR count). The lowest BCUT2D eigenvalue weighted by Crippen LogP contribution is -2.26. The van der Waals surface area contributed by atoms with Gasteiger partial charge in [-0.1, -0.05) is 22.0 Å². The van der Waals surface area contributed by atoms with Gasteiger partial charge in [0.05, 0.1) is 0 Å². The second-order valence-electron chi connectivity index (χ2n) is 4.02. The number of rotatable bonds is 2. The van der Waals surface area contributed by atoms with E-state index in [4.69, 9.17) is 5.73 Å². The van der Waals surface area contributed by atoms with Crippen LogP contribution in [0.4, 0.5) is 4.39 Å². The third-order valence-electron chi connectivity index (χ3n) is 2.72. The van der Waals surface area contributed by atoms with Crippen LogP contribution in [0.3, 0.4) is 0 Å². The SMILES string of the molecule is N[C@H]1CCN(Cc2ccc(F)cc2Br)C1. The van der Waals surface area contributed by atoms with Crippen LogP contribution >= 0.6 is 15.9 Å². The molecule has 1 aliphatic heterocycles. The molecule has 0 saturated carbocycles. The van der Waals surface area contributed by atoms with E-state index in [-0.39, 0.29) is 5.82 Å². The summed E-state index contributed by atoms with van der Waals surface area (Å²) in [6.45, 7) is 2.81. The van der Waals surface area contributed by atoms with Crippen molar-refractivity contribution in [2.75, 3.05) is 13.1 Å². The first-order valence-corrected chi connectivity index (χ1v) is 5.86. The Labute approximate surface area is 97.4 Å². The first-order chi connectivity index (χ1) is 7.15. The van der Waals surface area contributed by atoms with Crippen LogP contribution in [-0.4, -0.2) is 24.0 Å². The number of nitrogens with zero attached hydrogens (tertiary/aromatic N) is 1. The summed E-state index contributed by atoms with van der Waals surface area (Å²) in [6, 6.07) is 5.12. The molecular formula is C11H14BrFN2. The highest BCUT2D eigenvalue weighted by Crippen LogP contribution is 2.21. The van der Waals surface area contributed by atoms with Crippen molar-refractivity contribution in [3.8, 4) is 0 Å². The third-order valence-corrected chi connectivity index (χ3v) is 3.46. The van der Waals surface area contributed by atoms with E-state index in [1.165, 1.54) is 12.1 Å². The Bertz CT molecular complexity index is 356. The molecule has 2 N–H and O–H groups in total. The molecular weight excluding hydrogens is 259 g/mol. The van der Waals surface area contributed by atoms with Crippen LogP contribution in [0.15, 0.2) is 22.7 Å². The Morgan fingerprint density at radius 3 is 2.93 bits per heavy atom. The molecule has 0 radical (unpaired) electrons. The van der Waals surface area contributed by atoms with Gasteiger partial charge in [0.1, 0.15) is 5.82 Å². The predicted molar refractivity (Wildman–Crippen MR) is 62.0 cm³/mol. The Kier molecular flexibility index (Phi) is 3.38. The predicted octanol–water partition coefficient (Wildman–Crippen LogP) is 2.12. The molecule has 82 valence electrons. The summed E-state index contributed by atoms with van der Waals surface area (Å²) in [5.74, 6) is -0.205. The van der Waals surface area contributed by atoms with Crippen molar-refractivity contribution in [3.05, 3.63) is 34.1 Å². The van der Waals surface area contributed by atoms with E-state index in [1.54, 1.807) is 0 Å². The van der Waals surface area contributed by atoms with Gasteiger partial charge in [-0.25, -0.2) is 4.39 Å². The fraction of sp³-hybridized carbons (Fsp3) is 0.455. The van der Waals surface area contributed by atoms with E-state index in [9.17, 15) is 4.39 Å². The summed E-state index contributed by atoms with van der Waals surface area (Å²) >= 11 is 3.37. The van der Waals surface area contributed by atoms with E-state index < -0.39 is 0 Å². The number of hydrogen-bond acceptors (Lipinski definition) is 2. The summed E-state index contributed by atoms with van der Waals surface area (Å²) in [5, 5.41) is 0. The van der Waals surface area contributed by atoms with Crippen LogP contribution < -0.4 is 5.73 Å². The van der Waals surface area contributed by atoms with Gasteiger partial charge in [0, 0.05) is 30.1 Å². The molecule has 1 aromatic carbocycles. The van der Waals surface area contributed by atoms with Crippen molar-refractivity contribution in [2.45, 2.75) is 19.0 Å². The maximum atomic E-state index is 12.9. The van der Waals surface area contributed by atoms with Crippen molar-refractivity contribution in [3.63, 3.8) is 0 Å². The van der Waals surface area contributed by atoms with Gasteiger partial charge in [-0.05, 0) is 24.1 Å². The maximum Gasteiger partial charge on any atom is 0.124 e. The minimum absolute atomic E-state index is 0.205. The first kappa shape index (κ1) is 11.0. The third kappa shape index (κ3) is 2.77. The summed E-state index contributed by atoms with van der Waals surface area (Å²) in [4.78, 5) is 2.29. The smallest absolute Gasteiger partial charge is 0.124 e. The van der Waals surface area contributed by atoms with Gasteiger partial charge in [-0.2, -0.15) is 0 Å². The van der Waals surface area contributed by atoms with Gasteiger partial charge in [0.2, 0.25) is 0 Å². The maximum absolute atomic E-state index is 12.9. The van der Waals surface area contributed by atoms with Gasteiger partial charge in [0.25, 0.3) is 0 Å². The number of halogens is 2. The molecule has 1 aliphatic rings. The molecule has 1 saturated heterocycles. The van der Waals surface area contributed by atoms with Crippen LogP contribution in [0.1, 0.15) is 12.0 Å². The molecule has 0 amide bonds. The molecule has 0 unspecified atom stereocenters. The van der Waals surface area contributed by atoms with E-state index in [2.05, 4.69) is 20.8 Å². The van der Waals surface area contributed by atoms with Crippen molar-refractivity contribution in [1.29, 1.82) is 0 Å². The minimum Gasteiger partial charge on any atom is -0.326 e. The Balaban J connectivity index is 2.04. The number of nitrogens with two attached hydrogens (primary N) is 1. The highest BCUT2D eigenvalue weighted by molar-refractivity contribution is 9.10. The van der Waals surface area contributed by atoms with Crippen molar-refractivity contribution in [2.24, 2.45) is 5.73 Å². The topological polar surface area (TPSA) is 29.3 Å². The van der Waals surface area contributed by atoms with E-state index in [0.29, 0.717) is 6.04 Å². The van der Waals surface area contributed by atoms with Gasteiger partial charge in [-0.15, -0.1) is 0 Å². The van der Waals surface area contributed by atoms with Crippen LogP contribution in [0, 0.1) is 5.82 Å². The van der Waals surface area contributed by atoms with Crippen LogP contribution in [0.5, 0.6) is 0 Å². The molecule has 1 fully saturated rings. The van der Waals surface area contributed by atoms with E-state index in [1.807, 2.05) is 6.07 Å². The largest absolute Gasteiger partial charge is 0.326 e. The van der Waals surface area contributed by atoms with Gasteiger partial charge < -0.3 is 5.73 Å². The summed E-state index contributed by atoms with van der Waals surface area (Å²) < 4.78 is 13.7. The number of benzene rings is 1. The average molecular weight is 273 g/mol. The lowest BCUT2D eigenvalue weighted by molar-refractivity contribution is 0.326. The number of likely N-dealkylation sites (tertiary alicyclic amines) is 1.